The summed E-state index contributed by atoms with van der Waals surface area (Å²) in [5.74, 6) is 0.799. The van der Waals surface area contributed by atoms with Gasteiger partial charge >= 0.3 is 0 Å². The molecule has 1 saturated carbocycles. The van der Waals surface area contributed by atoms with Gasteiger partial charge in [0, 0.05) is 12.6 Å². The van der Waals surface area contributed by atoms with Gasteiger partial charge in [-0.1, -0.05) is 20.3 Å². The van der Waals surface area contributed by atoms with E-state index in [2.05, 4.69) is 24.5 Å². The highest BCUT2D eigenvalue weighted by Gasteiger charge is 2.32. The van der Waals surface area contributed by atoms with E-state index in [1.807, 2.05) is 0 Å². The minimum atomic E-state index is 0.630. The summed E-state index contributed by atoms with van der Waals surface area (Å²) in [6, 6.07) is 0.758. The third-order valence-corrected chi connectivity index (χ3v) is 4.14. The van der Waals surface area contributed by atoms with Crippen molar-refractivity contribution in [3.63, 3.8) is 0 Å². The van der Waals surface area contributed by atoms with E-state index in [0.717, 1.165) is 12.0 Å². The summed E-state index contributed by atoms with van der Waals surface area (Å²) < 4.78 is 0. The molecule has 0 aromatic rings. The van der Waals surface area contributed by atoms with E-state index < -0.39 is 0 Å². The standard InChI is InChI=1S/C12H24N2/c1-10-8-13-7-4-11(10)14-9-12(2)5-3-6-12/h10-11,13-14H,3-9H2,1-2H3. The maximum Gasteiger partial charge on any atom is 0.0117 e. The van der Waals surface area contributed by atoms with Gasteiger partial charge in [-0.05, 0) is 43.7 Å². The lowest BCUT2D eigenvalue weighted by Crippen LogP contribution is -2.50. The first kappa shape index (κ1) is 10.4. The van der Waals surface area contributed by atoms with Gasteiger partial charge in [0.1, 0.15) is 0 Å². The molecule has 1 saturated heterocycles. The predicted molar refractivity (Wildman–Crippen MR) is 60.4 cm³/mol. The summed E-state index contributed by atoms with van der Waals surface area (Å²) in [4.78, 5) is 0. The van der Waals surface area contributed by atoms with Crippen LogP contribution in [0.3, 0.4) is 0 Å². The summed E-state index contributed by atoms with van der Waals surface area (Å²) in [6.07, 6.45) is 5.61. The molecule has 0 spiro atoms. The molecule has 14 heavy (non-hydrogen) atoms. The lowest BCUT2D eigenvalue weighted by molar-refractivity contribution is 0.139. The average molecular weight is 196 g/mol. The number of piperidine rings is 1. The van der Waals surface area contributed by atoms with Gasteiger partial charge < -0.3 is 10.6 Å². The zero-order valence-electron chi connectivity index (χ0n) is 9.60. The van der Waals surface area contributed by atoms with Crippen molar-refractivity contribution < 1.29 is 0 Å². The first-order valence-corrected chi connectivity index (χ1v) is 6.14. The van der Waals surface area contributed by atoms with Crippen molar-refractivity contribution in [2.75, 3.05) is 19.6 Å². The van der Waals surface area contributed by atoms with Gasteiger partial charge in [0.2, 0.25) is 0 Å². The van der Waals surface area contributed by atoms with Crippen LogP contribution in [0.15, 0.2) is 0 Å². The van der Waals surface area contributed by atoms with Crippen LogP contribution in [0.25, 0.3) is 0 Å². The Balaban J connectivity index is 1.73. The van der Waals surface area contributed by atoms with Crippen molar-refractivity contribution in [3.05, 3.63) is 0 Å². The van der Waals surface area contributed by atoms with Crippen molar-refractivity contribution in [3.8, 4) is 0 Å². The molecule has 0 bridgehead atoms. The first-order chi connectivity index (χ1) is 6.70. The Morgan fingerprint density at radius 1 is 1.43 bits per heavy atom. The van der Waals surface area contributed by atoms with E-state index in [9.17, 15) is 0 Å². The smallest absolute Gasteiger partial charge is 0.0117 e. The molecule has 2 heteroatoms. The van der Waals surface area contributed by atoms with Crippen molar-refractivity contribution in [2.45, 2.75) is 45.6 Å². The summed E-state index contributed by atoms with van der Waals surface area (Å²) >= 11 is 0. The maximum absolute atomic E-state index is 3.77. The molecule has 2 aliphatic rings. The monoisotopic (exact) mass is 196 g/mol. The molecule has 2 rings (SSSR count). The molecule has 0 radical (unpaired) electrons. The SMILES string of the molecule is CC1CNCCC1NCC1(C)CCC1. The maximum atomic E-state index is 3.77. The molecule has 2 atom stereocenters. The third kappa shape index (κ3) is 2.29. The van der Waals surface area contributed by atoms with Crippen LogP contribution >= 0.6 is 0 Å². The average Bonchev–Trinajstić information content (AvgIpc) is 2.14. The van der Waals surface area contributed by atoms with E-state index in [1.54, 1.807) is 0 Å². The van der Waals surface area contributed by atoms with Crippen LogP contribution in [0.1, 0.15) is 39.5 Å². The van der Waals surface area contributed by atoms with Gasteiger partial charge in [0.05, 0.1) is 0 Å². The normalized spacial score (nSPS) is 36.4. The summed E-state index contributed by atoms with van der Waals surface area (Å²) in [5.41, 5.74) is 0.630. The summed E-state index contributed by atoms with van der Waals surface area (Å²) in [5, 5.41) is 7.22. The van der Waals surface area contributed by atoms with Crippen molar-refractivity contribution in [1.82, 2.24) is 10.6 Å². The van der Waals surface area contributed by atoms with E-state index in [0.29, 0.717) is 5.41 Å². The van der Waals surface area contributed by atoms with Gasteiger partial charge in [0.15, 0.2) is 0 Å². The van der Waals surface area contributed by atoms with Crippen LogP contribution in [0, 0.1) is 11.3 Å². The van der Waals surface area contributed by atoms with Crippen molar-refractivity contribution >= 4 is 0 Å². The van der Waals surface area contributed by atoms with Crippen LogP contribution in [0.4, 0.5) is 0 Å². The predicted octanol–water partition coefficient (Wildman–Crippen LogP) is 1.76. The number of hydrogen-bond donors (Lipinski definition) is 2. The molecular formula is C12H24N2. The molecular weight excluding hydrogens is 172 g/mol. The van der Waals surface area contributed by atoms with Crippen molar-refractivity contribution in [2.24, 2.45) is 11.3 Å². The summed E-state index contributed by atoms with van der Waals surface area (Å²) in [7, 11) is 0. The van der Waals surface area contributed by atoms with Crippen LogP contribution in [0.5, 0.6) is 0 Å². The van der Waals surface area contributed by atoms with E-state index in [1.165, 1.54) is 45.3 Å². The van der Waals surface area contributed by atoms with E-state index in [-0.39, 0.29) is 0 Å². The van der Waals surface area contributed by atoms with Crippen LogP contribution in [-0.2, 0) is 0 Å². The Hall–Kier alpha value is -0.0800. The third-order valence-electron chi connectivity index (χ3n) is 4.14. The molecule has 0 amide bonds. The van der Waals surface area contributed by atoms with Gasteiger partial charge in [-0.15, -0.1) is 0 Å². The fourth-order valence-electron chi connectivity index (χ4n) is 2.65. The quantitative estimate of drug-likeness (QED) is 0.719. The molecule has 1 aliphatic carbocycles. The lowest BCUT2D eigenvalue weighted by atomic mass is 9.70. The Morgan fingerprint density at radius 2 is 2.21 bits per heavy atom. The molecule has 2 unspecified atom stereocenters. The summed E-state index contributed by atoms with van der Waals surface area (Å²) in [6.45, 7) is 8.40. The van der Waals surface area contributed by atoms with Gasteiger partial charge in [-0.25, -0.2) is 0 Å². The van der Waals surface area contributed by atoms with Gasteiger partial charge in [-0.3, -0.25) is 0 Å². The fraction of sp³-hybridized carbons (Fsp3) is 1.00. The van der Waals surface area contributed by atoms with Gasteiger partial charge in [-0.2, -0.15) is 0 Å². The van der Waals surface area contributed by atoms with Crippen molar-refractivity contribution in [1.29, 1.82) is 0 Å². The van der Waals surface area contributed by atoms with Crippen LogP contribution in [0.2, 0.25) is 0 Å². The second-order valence-corrected chi connectivity index (χ2v) is 5.62. The Morgan fingerprint density at radius 3 is 2.79 bits per heavy atom. The molecule has 1 heterocycles. The second kappa shape index (κ2) is 4.19. The highest BCUT2D eigenvalue weighted by molar-refractivity contribution is 4.88. The molecule has 2 N–H and O–H groups in total. The van der Waals surface area contributed by atoms with Crippen LogP contribution < -0.4 is 10.6 Å². The molecule has 0 aromatic carbocycles. The van der Waals surface area contributed by atoms with E-state index in [4.69, 9.17) is 0 Å². The molecule has 1 aliphatic heterocycles. The second-order valence-electron chi connectivity index (χ2n) is 5.62. The number of rotatable bonds is 3. The van der Waals surface area contributed by atoms with Gasteiger partial charge in [0.25, 0.3) is 0 Å². The molecule has 82 valence electrons. The van der Waals surface area contributed by atoms with E-state index >= 15 is 0 Å². The number of nitrogens with one attached hydrogen (secondary N) is 2. The minimum absolute atomic E-state index is 0.630. The largest absolute Gasteiger partial charge is 0.316 e. The Kier molecular flexibility index (Phi) is 3.13. The molecule has 2 nitrogen and oxygen atoms in total. The highest BCUT2D eigenvalue weighted by Crippen LogP contribution is 2.39. The lowest BCUT2D eigenvalue weighted by Gasteiger charge is -2.41. The Labute approximate surface area is 87.8 Å². The topological polar surface area (TPSA) is 24.1 Å². The minimum Gasteiger partial charge on any atom is -0.316 e. The fourth-order valence-corrected chi connectivity index (χ4v) is 2.65. The molecule has 2 fully saturated rings. The zero-order chi connectivity index (χ0) is 10.0. The van der Waals surface area contributed by atoms with Crippen LogP contribution in [-0.4, -0.2) is 25.7 Å². The molecule has 0 aromatic heterocycles. The Bertz CT molecular complexity index is 187. The first-order valence-electron chi connectivity index (χ1n) is 6.14. The zero-order valence-corrected chi connectivity index (χ0v) is 9.60. The highest BCUT2D eigenvalue weighted by atomic mass is 15.0. The number of hydrogen-bond acceptors (Lipinski definition) is 2.